The van der Waals surface area contributed by atoms with Gasteiger partial charge in [-0.15, -0.1) is 11.6 Å². The zero-order chi connectivity index (χ0) is 17.3. The van der Waals surface area contributed by atoms with E-state index in [4.69, 9.17) is 33.2 Å². The Balaban J connectivity index is 1.89. The molecular weight excluding hydrogens is 335 g/mol. The first kappa shape index (κ1) is 17.9. The highest BCUT2D eigenvalue weighted by atomic mass is 35.5. The predicted octanol–water partition coefficient (Wildman–Crippen LogP) is 3.89. The number of benzene rings is 1. The summed E-state index contributed by atoms with van der Waals surface area (Å²) >= 11 is 12.1. The van der Waals surface area contributed by atoms with Crippen LogP contribution in [0.1, 0.15) is 39.2 Å². The maximum absolute atomic E-state index is 12.3. The smallest absolute Gasteiger partial charge is 0.226 e. The molecule has 1 saturated carbocycles. The zero-order valence-electron chi connectivity index (χ0n) is 13.5. The molecule has 23 heavy (non-hydrogen) atoms. The number of alkyl halides is 1. The maximum Gasteiger partial charge on any atom is 0.226 e. The minimum absolute atomic E-state index is 0.0154. The number of carbonyl (C=O) groups is 1. The molecule has 124 valence electrons. The maximum atomic E-state index is 12.3. The molecule has 1 atom stereocenters. The van der Waals surface area contributed by atoms with Gasteiger partial charge in [0.1, 0.15) is 18.4 Å². The fourth-order valence-electron chi connectivity index (χ4n) is 3.10. The van der Waals surface area contributed by atoms with E-state index >= 15 is 0 Å². The van der Waals surface area contributed by atoms with Crippen LogP contribution in [0.4, 0.5) is 0 Å². The molecule has 1 aromatic carbocycles. The van der Waals surface area contributed by atoms with Crippen molar-refractivity contribution in [1.82, 2.24) is 5.32 Å². The first-order valence-corrected chi connectivity index (χ1v) is 8.23. The van der Waals surface area contributed by atoms with E-state index in [1.165, 1.54) is 0 Å². The molecule has 0 radical (unpaired) electrons. The van der Waals surface area contributed by atoms with Gasteiger partial charge in [0.2, 0.25) is 5.91 Å². The summed E-state index contributed by atoms with van der Waals surface area (Å²) in [7, 11) is 0. The van der Waals surface area contributed by atoms with Crippen molar-refractivity contribution in [1.29, 1.82) is 5.26 Å². The van der Waals surface area contributed by atoms with Crippen LogP contribution in [0.25, 0.3) is 0 Å². The predicted molar refractivity (Wildman–Crippen MR) is 90.9 cm³/mol. The summed E-state index contributed by atoms with van der Waals surface area (Å²) in [6.45, 7) is 5.98. The molecule has 1 aromatic rings. The van der Waals surface area contributed by atoms with E-state index in [2.05, 4.69) is 11.4 Å². The average molecular weight is 355 g/mol. The number of carbonyl (C=O) groups excluding carboxylic acids is 1. The van der Waals surface area contributed by atoms with Gasteiger partial charge in [0.15, 0.2) is 0 Å². The van der Waals surface area contributed by atoms with Crippen molar-refractivity contribution in [3.8, 4) is 11.8 Å². The van der Waals surface area contributed by atoms with Gasteiger partial charge in [-0.2, -0.15) is 5.26 Å². The Kier molecular flexibility index (Phi) is 5.13. The summed E-state index contributed by atoms with van der Waals surface area (Å²) in [5, 5.41) is 12.5. The third-order valence-electron chi connectivity index (χ3n) is 4.00. The van der Waals surface area contributed by atoms with Crippen molar-refractivity contribution in [2.24, 2.45) is 5.41 Å². The quantitative estimate of drug-likeness (QED) is 0.815. The number of halogens is 2. The standard InChI is InChI=1S/C17H20Cl2N2O2/c1-11(21-15(22)16(2)9-17(3,19)10-16)8-23-14-6-13(18)5-4-12(14)7-20/h4-6,11H,8-10H2,1-3H3,(H,21,22). The number of nitriles is 1. The molecule has 1 unspecified atom stereocenters. The molecule has 1 amide bonds. The van der Waals surface area contributed by atoms with Crippen LogP contribution in [0.3, 0.4) is 0 Å². The van der Waals surface area contributed by atoms with Gasteiger partial charge < -0.3 is 10.1 Å². The summed E-state index contributed by atoms with van der Waals surface area (Å²) in [5.74, 6) is 0.405. The summed E-state index contributed by atoms with van der Waals surface area (Å²) in [6.07, 6.45) is 1.32. The van der Waals surface area contributed by atoms with Gasteiger partial charge in [-0.1, -0.05) is 18.5 Å². The van der Waals surface area contributed by atoms with Crippen LogP contribution in [0.2, 0.25) is 5.02 Å². The molecule has 1 N–H and O–H groups in total. The molecule has 1 aliphatic carbocycles. The highest BCUT2D eigenvalue weighted by Crippen LogP contribution is 2.52. The Hall–Kier alpha value is -1.44. The van der Waals surface area contributed by atoms with E-state index in [1.54, 1.807) is 18.2 Å². The minimum atomic E-state index is -0.418. The molecule has 1 aliphatic rings. The highest BCUT2D eigenvalue weighted by Gasteiger charge is 2.52. The van der Waals surface area contributed by atoms with Gasteiger partial charge in [0, 0.05) is 21.4 Å². The number of hydrogen-bond donors (Lipinski definition) is 1. The Morgan fingerprint density at radius 1 is 1.48 bits per heavy atom. The first-order chi connectivity index (χ1) is 10.6. The topological polar surface area (TPSA) is 62.1 Å². The number of ether oxygens (including phenoxy) is 1. The normalized spacial score (nSPS) is 27.5. The SMILES string of the molecule is CC(COc1cc(Cl)ccc1C#N)NC(=O)C1(C)CC(C)(Cl)C1. The van der Waals surface area contributed by atoms with E-state index < -0.39 is 5.41 Å². The lowest BCUT2D eigenvalue weighted by Gasteiger charge is -2.48. The molecule has 0 aliphatic heterocycles. The molecule has 0 saturated heterocycles. The van der Waals surface area contributed by atoms with Crippen LogP contribution in [0.15, 0.2) is 18.2 Å². The number of nitrogens with one attached hydrogen (secondary N) is 1. The molecule has 0 bridgehead atoms. The first-order valence-electron chi connectivity index (χ1n) is 7.48. The molecule has 6 heteroatoms. The molecule has 0 heterocycles. The number of rotatable bonds is 5. The number of hydrogen-bond acceptors (Lipinski definition) is 3. The Morgan fingerprint density at radius 2 is 2.13 bits per heavy atom. The van der Waals surface area contributed by atoms with E-state index in [9.17, 15) is 4.79 Å². The summed E-state index contributed by atoms with van der Waals surface area (Å²) in [5.41, 5.74) is -0.00433. The van der Waals surface area contributed by atoms with Crippen molar-refractivity contribution >= 4 is 29.1 Å². The lowest BCUT2D eigenvalue weighted by atomic mass is 9.62. The molecule has 0 spiro atoms. The Bertz CT molecular complexity index is 644. The second-order valence-electron chi connectivity index (χ2n) is 6.77. The van der Waals surface area contributed by atoms with E-state index in [0.717, 1.165) is 0 Å². The monoisotopic (exact) mass is 354 g/mol. The Labute approximate surface area is 146 Å². The largest absolute Gasteiger partial charge is 0.490 e. The molecule has 4 nitrogen and oxygen atoms in total. The Morgan fingerprint density at radius 3 is 2.70 bits per heavy atom. The van der Waals surface area contributed by atoms with Crippen molar-refractivity contribution < 1.29 is 9.53 Å². The third kappa shape index (κ3) is 4.31. The van der Waals surface area contributed by atoms with Crippen molar-refractivity contribution in [3.63, 3.8) is 0 Å². The van der Waals surface area contributed by atoms with Crippen LogP contribution >= 0.6 is 23.2 Å². The van der Waals surface area contributed by atoms with E-state index in [0.29, 0.717) is 29.2 Å². The van der Waals surface area contributed by atoms with Gasteiger partial charge in [-0.25, -0.2) is 0 Å². The van der Waals surface area contributed by atoms with E-state index in [-0.39, 0.29) is 23.4 Å². The van der Waals surface area contributed by atoms with E-state index in [1.807, 2.05) is 20.8 Å². The van der Waals surface area contributed by atoms with Crippen LogP contribution in [0.5, 0.6) is 5.75 Å². The van der Waals surface area contributed by atoms with Crippen molar-refractivity contribution in [2.45, 2.75) is 44.5 Å². The third-order valence-corrected chi connectivity index (χ3v) is 4.50. The van der Waals surface area contributed by atoms with Crippen molar-refractivity contribution in [3.05, 3.63) is 28.8 Å². The highest BCUT2D eigenvalue weighted by molar-refractivity contribution is 6.30. The fourth-order valence-corrected chi connectivity index (χ4v) is 3.85. The molecular formula is C17H20Cl2N2O2. The van der Waals surface area contributed by atoms with Gasteiger partial charge in [0.05, 0.1) is 11.6 Å². The van der Waals surface area contributed by atoms with Gasteiger partial charge in [-0.3, -0.25) is 4.79 Å². The van der Waals surface area contributed by atoms with Crippen LogP contribution in [0, 0.1) is 16.7 Å². The number of nitrogens with zero attached hydrogens (tertiary/aromatic N) is 1. The lowest BCUT2D eigenvalue weighted by Crippen LogP contribution is -2.55. The van der Waals surface area contributed by atoms with Crippen molar-refractivity contribution in [2.75, 3.05) is 6.61 Å². The fraction of sp³-hybridized carbons (Fsp3) is 0.529. The summed E-state index contributed by atoms with van der Waals surface area (Å²) in [6, 6.07) is 6.71. The lowest BCUT2D eigenvalue weighted by molar-refractivity contribution is -0.137. The minimum Gasteiger partial charge on any atom is -0.490 e. The second kappa shape index (κ2) is 6.59. The number of amides is 1. The van der Waals surface area contributed by atoms with Gasteiger partial charge >= 0.3 is 0 Å². The zero-order valence-corrected chi connectivity index (χ0v) is 15.0. The summed E-state index contributed by atoms with van der Waals surface area (Å²) in [4.78, 5) is 12.1. The molecule has 2 rings (SSSR count). The van der Waals surface area contributed by atoms with Crippen LogP contribution in [-0.4, -0.2) is 23.4 Å². The van der Waals surface area contributed by atoms with Gasteiger partial charge in [-0.05, 0) is 38.8 Å². The van der Waals surface area contributed by atoms with Gasteiger partial charge in [0.25, 0.3) is 0 Å². The van der Waals surface area contributed by atoms with Crippen LogP contribution in [-0.2, 0) is 4.79 Å². The van der Waals surface area contributed by atoms with Crippen LogP contribution < -0.4 is 10.1 Å². The second-order valence-corrected chi connectivity index (χ2v) is 8.11. The average Bonchev–Trinajstić information content (AvgIpc) is 2.43. The molecule has 0 aromatic heterocycles. The molecule has 1 fully saturated rings. The summed E-state index contributed by atoms with van der Waals surface area (Å²) < 4.78 is 5.63.